The molecule has 0 radical (unpaired) electrons. The molecule has 6 heteroatoms. The number of halogens is 1. The molecule has 1 unspecified atom stereocenters. The van der Waals surface area contributed by atoms with Gasteiger partial charge < -0.3 is 10.4 Å². The molecule has 1 heterocycles. The summed E-state index contributed by atoms with van der Waals surface area (Å²) in [6.07, 6.45) is 0.429. The van der Waals surface area contributed by atoms with Crippen LogP contribution in [0.1, 0.15) is 36.3 Å². The number of aryl methyl sites for hydroxylation is 1. The monoisotopic (exact) mass is 284 g/mol. The molecule has 0 saturated carbocycles. The van der Waals surface area contributed by atoms with Crippen LogP contribution < -0.4 is 5.32 Å². The highest BCUT2D eigenvalue weighted by atomic mass is 35.5. The molecule has 0 aliphatic heterocycles. The van der Waals surface area contributed by atoms with Gasteiger partial charge in [0.25, 0.3) is 5.91 Å². The number of carboxylic acids is 1. The molecule has 1 rings (SSSR count). The lowest BCUT2D eigenvalue weighted by atomic mass is 9.87. The van der Waals surface area contributed by atoms with E-state index in [1.165, 1.54) is 6.07 Å². The van der Waals surface area contributed by atoms with Gasteiger partial charge in [0.05, 0.1) is 5.41 Å². The minimum Gasteiger partial charge on any atom is -0.481 e. The van der Waals surface area contributed by atoms with Crippen molar-refractivity contribution in [3.8, 4) is 0 Å². The Bertz CT molecular complexity index is 484. The van der Waals surface area contributed by atoms with E-state index in [9.17, 15) is 9.59 Å². The van der Waals surface area contributed by atoms with Gasteiger partial charge in [0.1, 0.15) is 5.15 Å². The summed E-state index contributed by atoms with van der Waals surface area (Å²) in [5.74, 6) is -1.28. The highest BCUT2D eigenvalue weighted by molar-refractivity contribution is 6.29. The van der Waals surface area contributed by atoms with Crippen LogP contribution in [-0.2, 0) is 4.79 Å². The quantitative estimate of drug-likeness (QED) is 0.813. The van der Waals surface area contributed by atoms with Crippen molar-refractivity contribution in [2.45, 2.75) is 27.2 Å². The van der Waals surface area contributed by atoms with Gasteiger partial charge in [0.15, 0.2) is 0 Å². The summed E-state index contributed by atoms with van der Waals surface area (Å²) in [5.41, 5.74) is 0.0390. The van der Waals surface area contributed by atoms with Gasteiger partial charge in [0.2, 0.25) is 0 Å². The summed E-state index contributed by atoms with van der Waals surface area (Å²) in [5, 5.41) is 12.0. The summed E-state index contributed by atoms with van der Waals surface area (Å²) in [7, 11) is 0. The van der Waals surface area contributed by atoms with Crippen LogP contribution in [0.15, 0.2) is 12.1 Å². The van der Waals surface area contributed by atoms with E-state index >= 15 is 0 Å². The van der Waals surface area contributed by atoms with Crippen molar-refractivity contribution >= 4 is 23.5 Å². The Balaban J connectivity index is 2.78. The maximum atomic E-state index is 11.9. The first-order valence-electron chi connectivity index (χ1n) is 5.94. The lowest BCUT2D eigenvalue weighted by Crippen LogP contribution is -2.40. The van der Waals surface area contributed by atoms with Gasteiger partial charge in [0, 0.05) is 17.8 Å². The fraction of sp³-hybridized carbons (Fsp3) is 0.462. The predicted molar refractivity (Wildman–Crippen MR) is 72.4 cm³/mol. The summed E-state index contributed by atoms with van der Waals surface area (Å²) in [4.78, 5) is 27.0. The Morgan fingerprint density at radius 1 is 1.47 bits per heavy atom. The molecule has 1 atom stereocenters. The van der Waals surface area contributed by atoms with Crippen LogP contribution >= 0.6 is 11.6 Å². The van der Waals surface area contributed by atoms with Crippen LogP contribution in [0, 0.1) is 12.3 Å². The molecular formula is C13H17ClN2O3. The van der Waals surface area contributed by atoms with Gasteiger partial charge in [-0.15, -0.1) is 0 Å². The summed E-state index contributed by atoms with van der Waals surface area (Å²) in [6, 6.07) is 3.05. The van der Waals surface area contributed by atoms with Crippen LogP contribution in [0.25, 0.3) is 0 Å². The molecule has 0 bridgehead atoms. The van der Waals surface area contributed by atoms with Crippen LogP contribution in [0.4, 0.5) is 0 Å². The third-order valence-corrected chi connectivity index (χ3v) is 3.31. The molecule has 0 aromatic carbocycles. The molecule has 0 spiro atoms. The van der Waals surface area contributed by atoms with E-state index in [1.807, 2.05) is 0 Å². The number of aromatic nitrogens is 1. The number of carbonyl (C=O) groups excluding carboxylic acids is 1. The number of hydrogen-bond donors (Lipinski definition) is 2. The number of nitrogens with one attached hydrogen (secondary N) is 1. The number of nitrogens with zero attached hydrogens (tertiary/aromatic N) is 1. The Kier molecular flexibility index (Phi) is 4.89. The van der Waals surface area contributed by atoms with Crippen LogP contribution in [0.5, 0.6) is 0 Å². The summed E-state index contributed by atoms with van der Waals surface area (Å²) < 4.78 is 0. The number of carboxylic acid groups (broad SMARTS) is 1. The second-order valence-electron chi connectivity index (χ2n) is 4.72. The number of carbonyl (C=O) groups is 2. The number of hydrogen-bond acceptors (Lipinski definition) is 3. The Hall–Kier alpha value is -1.62. The lowest BCUT2D eigenvalue weighted by molar-refractivity contribution is -0.147. The summed E-state index contributed by atoms with van der Waals surface area (Å²) >= 11 is 5.78. The Labute approximate surface area is 117 Å². The van der Waals surface area contributed by atoms with Gasteiger partial charge in [-0.1, -0.05) is 18.5 Å². The lowest BCUT2D eigenvalue weighted by Gasteiger charge is -2.23. The van der Waals surface area contributed by atoms with Crippen molar-refractivity contribution in [3.05, 3.63) is 28.5 Å². The van der Waals surface area contributed by atoms with Gasteiger partial charge >= 0.3 is 5.97 Å². The maximum absolute atomic E-state index is 11.9. The SMILES string of the molecule is CCC(C)(CNC(=O)c1cc(C)nc(Cl)c1)C(=O)O. The third-order valence-electron chi connectivity index (χ3n) is 3.12. The first-order valence-corrected chi connectivity index (χ1v) is 6.32. The van der Waals surface area contributed by atoms with Crippen molar-refractivity contribution in [2.24, 2.45) is 5.41 Å². The molecule has 1 amide bonds. The molecule has 2 N–H and O–H groups in total. The zero-order chi connectivity index (χ0) is 14.6. The average molecular weight is 285 g/mol. The zero-order valence-electron chi connectivity index (χ0n) is 11.2. The standard InChI is InChI=1S/C13H17ClN2O3/c1-4-13(3,12(18)19)7-15-11(17)9-5-8(2)16-10(14)6-9/h5-6H,4,7H2,1-3H3,(H,15,17)(H,18,19). The summed E-state index contributed by atoms with van der Waals surface area (Å²) in [6.45, 7) is 5.17. The Morgan fingerprint density at radius 2 is 2.11 bits per heavy atom. The molecule has 1 aromatic rings. The van der Waals surface area contributed by atoms with Crippen molar-refractivity contribution in [2.75, 3.05) is 6.54 Å². The minimum atomic E-state index is -0.971. The average Bonchev–Trinajstić information content (AvgIpc) is 2.34. The number of amides is 1. The second-order valence-corrected chi connectivity index (χ2v) is 5.11. The molecule has 0 aliphatic rings. The van der Waals surface area contributed by atoms with Gasteiger partial charge in [-0.05, 0) is 32.4 Å². The van der Waals surface area contributed by atoms with Crippen molar-refractivity contribution in [3.63, 3.8) is 0 Å². The Morgan fingerprint density at radius 3 is 2.58 bits per heavy atom. The molecular weight excluding hydrogens is 268 g/mol. The maximum Gasteiger partial charge on any atom is 0.311 e. The predicted octanol–water partition coefficient (Wildman–Crippen LogP) is 2.27. The van der Waals surface area contributed by atoms with E-state index in [-0.39, 0.29) is 17.6 Å². The molecule has 19 heavy (non-hydrogen) atoms. The second kappa shape index (κ2) is 6.02. The topological polar surface area (TPSA) is 79.3 Å². The van der Waals surface area contributed by atoms with Gasteiger partial charge in [-0.3, -0.25) is 9.59 Å². The number of pyridine rings is 1. The number of aliphatic carboxylic acids is 1. The van der Waals surface area contributed by atoms with Crippen LogP contribution in [0.3, 0.4) is 0 Å². The molecule has 104 valence electrons. The smallest absolute Gasteiger partial charge is 0.311 e. The van der Waals surface area contributed by atoms with E-state index in [1.54, 1.807) is 26.8 Å². The van der Waals surface area contributed by atoms with Crippen LogP contribution in [0.2, 0.25) is 5.15 Å². The fourth-order valence-corrected chi connectivity index (χ4v) is 1.74. The number of rotatable bonds is 5. The van der Waals surface area contributed by atoms with E-state index in [0.29, 0.717) is 17.7 Å². The largest absolute Gasteiger partial charge is 0.481 e. The molecule has 0 saturated heterocycles. The van der Waals surface area contributed by atoms with Gasteiger partial charge in [-0.25, -0.2) is 4.98 Å². The first-order chi connectivity index (χ1) is 8.78. The highest BCUT2D eigenvalue weighted by Gasteiger charge is 2.31. The van der Waals surface area contributed by atoms with E-state index in [0.717, 1.165) is 0 Å². The molecule has 0 aliphatic carbocycles. The highest BCUT2D eigenvalue weighted by Crippen LogP contribution is 2.20. The molecule has 1 aromatic heterocycles. The normalized spacial score (nSPS) is 13.7. The third kappa shape index (κ3) is 3.92. The van der Waals surface area contributed by atoms with Gasteiger partial charge in [-0.2, -0.15) is 0 Å². The van der Waals surface area contributed by atoms with Crippen molar-refractivity contribution in [1.29, 1.82) is 0 Å². The van der Waals surface area contributed by atoms with Crippen LogP contribution in [-0.4, -0.2) is 28.5 Å². The first kappa shape index (κ1) is 15.4. The van der Waals surface area contributed by atoms with E-state index in [4.69, 9.17) is 16.7 Å². The van der Waals surface area contributed by atoms with Crippen molar-refractivity contribution < 1.29 is 14.7 Å². The molecule has 0 fully saturated rings. The molecule has 5 nitrogen and oxygen atoms in total. The van der Waals surface area contributed by atoms with Crippen molar-refractivity contribution in [1.82, 2.24) is 10.3 Å². The minimum absolute atomic E-state index is 0.0661. The van der Waals surface area contributed by atoms with E-state index < -0.39 is 11.4 Å². The fourth-order valence-electron chi connectivity index (χ4n) is 1.49. The van der Waals surface area contributed by atoms with E-state index in [2.05, 4.69) is 10.3 Å². The zero-order valence-corrected chi connectivity index (χ0v) is 11.9.